The van der Waals surface area contributed by atoms with Gasteiger partial charge in [-0.1, -0.05) is 6.92 Å². The van der Waals surface area contributed by atoms with Crippen LogP contribution in [0.2, 0.25) is 0 Å². The molecule has 0 aliphatic carbocycles. The predicted molar refractivity (Wildman–Crippen MR) is 64.4 cm³/mol. The number of carboxylic acids is 1. The van der Waals surface area contributed by atoms with Crippen LogP contribution in [-0.4, -0.2) is 40.5 Å². The number of rotatable bonds is 4. The van der Waals surface area contributed by atoms with Crippen LogP contribution in [0.4, 0.5) is 0 Å². The van der Waals surface area contributed by atoms with Crippen molar-refractivity contribution >= 4 is 11.9 Å². The Balaban J connectivity index is 3.05. The Kier molecular flexibility index (Phi) is 3.81. The summed E-state index contributed by atoms with van der Waals surface area (Å²) in [6, 6.07) is 0. The average molecular weight is 242 g/mol. The summed E-state index contributed by atoms with van der Waals surface area (Å²) in [5, 5.41) is 9.40. The van der Waals surface area contributed by atoms with Gasteiger partial charge < -0.3 is 15.7 Å². The van der Waals surface area contributed by atoms with Gasteiger partial charge in [0.15, 0.2) is 0 Å². The molecule has 0 saturated carbocycles. The molecule has 1 unspecified atom stereocenters. The van der Waals surface area contributed by atoms with Crippen molar-refractivity contribution in [2.45, 2.75) is 45.6 Å². The summed E-state index contributed by atoms with van der Waals surface area (Å²) in [5.41, 5.74) is 3.87. The number of aliphatic carboxylic acids is 1. The number of likely N-dealkylation sites (tertiary alicyclic amines) is 1. The van der Waals surface area contributed by atoms with E-state index in [0.29, 0.717) is 19.4 Å². The Morgan fingerprint density at radius 1 is 1.47 bits per heavy atom. The lowest BCUT2D eigenvalue weighted by atomic mass is 9.87. The van der Waals surface area contributed by atoms with Crippen LogP contribution in [0, 0.1) is 5.41 Å². The number of amides is 1. The molecule has 3 N–H and O–H groups in total. The number of carbonyl (C=O) groups is 2. The maximum atomic E-state index is 12.4. The van der Waals surface area contributed by atoms with Gasteiger partial charge in [0.2, 0.25) is 5.91 Å². The molecule has 1 aliphatic rings. The van der Waals surface area contributed by atoms with E-state index in [1.165, 1.54) is 4.90 Å². The van der Waals surface area contributed by atoms with E-state index in [1.54, 1.807) is 13.8 Å². The number of nitrogens with zero attached hydrogens (tertiary/aromatic N) is 1. The monoisotopic (exact) mass is 242 g/mol. The van der Waals surface area contributed by atoms with Crippen LogP contribution in [0.1, 0.15) is 40.0 Å². The zero-order chi connectivity index (χ0) is 13.3. The fraction of sp³-hybridized carbons (Fsp3) is 0.833. The molecular formula is C12H22N2O3. The van der Waals surface area contributed by atoms with Crippen molar-refractivity contribution < 1.29 is 14.7 Å². The Bertz CT molecular complexity index is 328. The predicted octanol–water partition coefficient (Wildman–Crippen LogP) is 0.827. The van der Waals surface area contributed by atoms with Gasteiger partial charge in [-0.05, 0) is 33.1 Å². The standard InChI is InChI=1S/C12H22N2O3/c1-4-12(10(16)17)6-5-7-14(12)9(15)11(2,3)8-13/h4-8,13H2,1-3H3,(H,16,17). The maximum absolute atomic E-state index is 12.4. The molecule has 0 spiro atoms. The van der Waals surface area contributed by atoms with Crippen molar-refractivity contribution in [1.29, 1.82) is 0 Å². The van der Waals surface area contributed by atoms with Gasteiger partial charge >= 0.3 is 5.97 Å². The summed E-state index contributed by atoms with van der Waals surface area (Å²) in [6.07, 6.45) is 1.71. The highest BCUT2D eigenvalue weighted by Crippen LogP contribution is 2.35. The lowest BCUT2D eigenvalue weighted by Gasteiger charge is -2.38. The van der Waals surface area contributed by atoms with Crippen molar-refractivity contribution in [3.63, 3.8) is 0 Å². The first kappa shape index (κ1) is 14.0. The van der Waals surface area contributed by atoms with Crippen molar-refractivity contribution in [3.05, 3.63) is 0 Å². The molecule has 5 nitrogen and oxygen atoms in total. The molecule has 1 amide bonds. The second-order valence-electron chi connectivity index (χ2n) is 5.34. The SMILES string of the molecule is CCC1(C(=O)O)CCCN1C(=O)C(C)(C)CN. The number of nitrogens with two attached hydrogens (primary N) is 1. The van der Waals surface area contributed by atoms with Crippen LogP contribution in [0.25, 0.3) is 0 Å². The Morgan fingerprint density at radius 2 is 2.06 bits per heavy atom. The maximum Gasteiger partial charge on any atom is 0.329 e. The van der Waals surface area contributed by atoms with Crippen LogP contribution in [-0.2, 0) is 9.59 Å². The minimum absolute atomic E-state index is 0.151. The number of hydrogen-bond donors (Lipinski definition) is 2. The van der Waals surface area contributed by atoms with Crippen LogP contribution in [0.5, 0.6) is 0 Å². The smallest absolute Gasteiger partial charge is 0.329 e. The highest BCUT2D eigenvalue weighted by molar-refractivity contribution is 5.90. The third-order valence-corrected chi connectivity index (χ3v) is 3.81. The van der Waals surface area contributed by atoms with E-state index in [0.717, 1.165) is 6.42 Å². The van der Waals surface area contributed by atoms with Gasteiger partial charge in [0.25, 0.3) is 0 Å². The van der Waals surface area contributed by atoms with Crippen LogP contribution in [0.3, 0.4) is 0 Å². The normalized spacial score (nSPS) is 25.1. The first-order valence-corrected chi connectivity index (χ1v) is 6.07. The first-order chi connectivity index (χ1) is 7.81. The lowest BCUT2D eigenvalue weighted by molar-refractivity contribution is -0.160. The fourth-order valence-corrected chi connectivity index (χ4v) is 2.37. The Morgan fingerprint density at radius 3 is 2.47 bits per heavy atom. The lowest BCUT2D eigenvalue weighted by Crippen LogP contribution is -2.57. The number of carbonyl (C=O) groups excluding carboxylic acids is 1. The molecule has 1 aliphatic heterocycles. The molecule has 0 bridgehead atoms. The topological polar surface area (TPSA) is 83.6 Å². The second-order valence-corrected chi connectivity index (χ2v) is 5.34. The minimum Gasteiger partial charge on any atom is -0.479 e. The molecule has 5 heteroatoms. The van der Waals surface area contributed by atoms with Crippen molar-refractivity contribution in [1.82, 2.24) is 4.90 Å². The van der Waals surface area contributed by atoms with Crippen LogP contribution >= 0.6 is 0 Å². The number of hydrogen-bond acceptors (Lipinski definition) is 3. The van der Waals surface area contributed by atoms with Crippen molar-refractivity contribution in [2.75, 3.05) is 13.1 Å². The number of carboxylic acid groups (broad SMARTS) is 1. The highest BCUT2D eigenvalue weighted by Gasteiger charge is 2.50. The molecule has 1 rings (SSSR count). The summed E-state index contributed by atoms with van der Waals surface area (Å²) < 4.78 is 0. The highest BCUT2D eigenvalue weighted by atomic mass is 16.4. The molecule has 0 radical (unpaired) electrons. The van der Waals surface area contributed by atoms with E-state index < -0.39 is 16.9 Å². The Labute approximate surface area is 102 Å². The summed E-state index contributed by atoms with van der Waals surface area (Å²) in [4.78, 5) is 25.3. The van der Waals surface area contributed by atoms with Gasteiger partial charge in [0.05, 0.1) is 5.41 Å². The molecular weight excluding hydrogens is 220 g/mol. The largest absolute Gasteiger partial charge is 0.479 e. The quantitative estimate of drug-likeness (QED) is 0.764. The molecule has 17 heavy (non-hydrogen) atoms. The zero-order valence-electron chi connectivity index (χ0n) is 10.8. The fourth-order valence-electron chi connectivity index (χ4n) is 2.37. The van der Waals surface area contributed by atoms with Crippen molar-refractivity contribution in [2.24, 2.45) is 11.1 Å². The molecule has 0 aromatic carbocycles. The molecule has 1 heterocycles. The average Bonchev–Trinajstić information content (AvgIpc) is 2.72. The van der Waals surface area contributed by atoms with Crippen LogP contribution < -0.4 is 5.73 Å². The Hall–Kier alpha value is -1.10. The van der Waals surface area contributed by atoms with Crippen LogP contribution in [0.15, 0.2) is 0 Å². The van der Waals surface area contributed by atoms with Gasteiger partial charge in [-0.3, -0.25) is 4.79 Å². The first-order valence-electron chi connectivity index (χ1n) is 6.07. The molecule has 1 fully saturated rings. The second kappa shape index (κ2) is 4.64. The summed E-state index contributed by atoms with van der Waals surface area (Å²) >= 11 is 0. The van der Waals surface area contributed by atoms with Gasteiger partial charge in [-0.2, -0.15) is 0 Å². The molecule has 98 valence electrons. The zero-order valence-corrected chi connectivity index (χ0v) is 10.8. The van der Waals surface area contributed by atoms with Gasteiger partial charge in [0, 0.05) is 13.1 Å². The summed E-state index contributed by atoms with van der Waals surface area (Å²) in [7, 11) is 0. The van der Waals surface area contributed by atoms with Crippen molar-refractivity contribution in [3.8, 4) is 0 Å². The molecule has 1 atom stereocenters. The molecule has 1 saturated heterocycles. The summed E-state index contributed by atoms with van der Waals surface area (Å²) in [5.74, 6) is -1.06. The van der Waals surface area contributed by atoms with Gasteiger partial charge in [0.1, 0.15) is 5.54 Å². The van der Waals surface area contributed by atoms with Gasteiger partial charge in [-0.15, -0.1) is 0 Å². The summed E-state index contributed by atoms with van der Waals surface area (Å²) in [6.45, 7) is 6.07. The van der Waals surface area contributed by atoms with E-state index in [2.05, 4.69) is 0 Å². The van der Waals surface area contributed by atoms with E-state index >= 15 is 0 Å². The minimum atomic E-state index is -1.02. The third kappa shape index (κ3) is 2.16. The van der Waals surface area contributed by atoms with E-state index in [9.17, 15) is 14.7 Å². The van der Waals surface area contributed by atoms with Gasteiger partial charge in [-0.25, -0.2) is 4.79 Å². The third-order valence-electron chi connectivity index (χ3n) is 3.81. The molecule has 0 aromatic heterocycles. The van der Waals surface area contributed by atoms with E-state index in [-0.39, 0.29) is 12.5 Å². The van der Waals surface area contributed by atoms with E-state index in [1.807, 2.05) is 6.92 Å². The molecule has 0 aromatic rings. The van der Waals surface area contributed by atoms with E-state index in [4.69, 9.17) is 5.73 Å².